The molecule has 0 saturated carbocycles. The van der Waals surface area contributed by atoms with E-state index in [0.717, 1.165) is 25.2 Å². The lowest BCUT2D eigenvalue weighted by molar-refractivity contribution is -0.0232. The van der Waals surface area contributed by atoms with Gasteiger partial charge in [0, 0.05) is 18.6 Å². The topological polar surface area (TPSA) is 24.5 Å². The number of piperidine rings is 1. The molecule has 2 aliphatic rings. The second-order valence-corrected chi connectivity index (χ2v) is 6.76. The quantitative estimate of drug-likeness (QED) is 0.834. The van der Waals surface area contributed by atoms with Gasteiger partial charge in [0.15, 0.2) is 0 Å². The lowest BCUT2D eigenvalue weighted by Gasteiger charge is -2.39. The Kier molecular flexibility index (Phi) is 5.05. The zero-order valence-corrected chi connectivity index (χ0v) is 12.4. The van der Waals surface area contributed by atoms with E-state index in [1.807, 2.05) is 0 Å². The molecule has 0 bridgehead atoms. The van der Waals surface area contributed by atoms with Crippen molar-refractivity contribution in [2.75, 3.05) is 26.2 Å². The molecule has 0 radical (unpaired) electrons. The van der Waals surface area contributed by atoms with Crippen LogP contribution in [0.4, 0.5) is 0 Å². The summed E-state index contributed by atoms with van der Waals surface area (Å²) in [6.45, 7) is 10.9. The first-order chi connectivity index (χ1) is 8.56. The van der Waals surface area contributed by atoms with E-state index in [0.29, 0.717) is 0 Å². The van der Waals surface area contributed by atoms with Crippen molar-refractivity contribution in [2.45, 2.75) is 70.6 Å². The van der Waals surface area contributed by atoms with Gasteiger partial charge in [0.2, 0.25) is 0 Å². The minimum atomic E-state index is -0.00308. The molecule has 106 valence electrons. The van der Waals surface area contributed by atoms with Crippen LogP contribution in [-0.4, -0.2) is 48.8 Å². The van der Waals surface area contributed by atoms with Gasteiger partial charge in [0.05, 0.1) is 12.2 Å². The van der Waals surface area contributed by atoms with E-state index in [1.54, 1.807) is 0 Å². The molecule has 0 aromatic heterocycles. The molecule has 0 aromatic rings. The average Bonchev–Trinajstić information content (AvgIpc) is 2.81. The normalized spacial score (nSPS) is 30.8. The molecule has 18 heavy (non-hydrogen) atoms. The van der Waals surface area contributed by atoms with Gasteiger partial charge in [-0.1, -0.05) is 6.42 Å². The summed E-state index contributed by atoms with van der Waals surface area (Å²) in [5.41, 5.74) is -0.00308. The number of hydrogen-bond acceptors (Lipinski definition) is 3. The minimum Gasteiger partial charge on any atom is -0.375 e. The van der Waals surface area contributed by atoms with E-state index in [-0.39, 0.29) is 5.60 Å². The van der Waals surface area contributed by atoms with Gasteiger partial charge in [-0.3, -0.25) is 4.90 Å². The van der Waals surface area contributed by atoms with Gasteiger partial charge in [0.1, 0.15) is 0 Å². The van der Waals surface area contributed by atoms with Crippen LogP contribution < -0.4 is 5.32 Å². The second kappa shape index (κ2) is 6.36. The molecule has 0 spiro atoms. The summed E-state index contributed by atoms with van der Waals surface area (Å²) in [7, 11) is 0. The van der Waals surface area contributed by atoms with Gasteiger partial charge in [-0.05, 0) is 59.5 Å². The molecule has 3 heteroatoms. The molecule has 3 nitrogen and oxygen atoms in total. The van der Waals surface area contributed by atoms with Crippen LogP contribution in [0.2, 0.25) is 0 Å². The number of nitrogens with one attached hydrogen (secondary N) is 1. The number of nitrogens with zero attached hydrogens (tertiary/aromatic N) is 1. The molecule has 2 fully saturated rings. The predicted octanol–water partition coefficient (Wildman–Crippen LogP) is 2.41. The zero-order valence-electron chi connectivity index (χ0n) is 12.4. The maximum absolute atomic E-state index is 5.88. The van der Waals surface area contributed by atoms with Crippen LogP contribution in [0.3, 0.4) is 0 Å². The predicted molar refractivity (Wildman–Crippen MR) is 75.9 cm³/mol. The molecular weight excluding hydrogens is 224 g/mol. The first kappa shape index (κ1) is 14.3. The van der Waals surface area contributed by atoms with Crippen LogP contribution in [-0.2, 0) is 4.74 Å². The maximum atomic E-state index is 5.88. The molecule has 1 N–H and O–H groups in total. The first-order valence-electron chi connectivity index (χ1n) is 7.68. The van der Waals surface area contributed by atoms with Gasteiger partial charge >= 0.3 is 0 Å². The van der Waals surface area contributed by atoms with Crippen LogP contribution in [0.1, 0.15) is 52.9 Å². The fourth-order valence-electron chi connectivity index (χ4n) is 3.26. The zero-order chi connectivity index (χ0) is 13.0. The van der Waals surface area contributed by atoms with Crippen LogP contribution in [0, 0.1) is 0 Å². The van der Waals surface area contributed by atoms with Crippen LogP contribution in [0.15, 0.2) is 0 Å². The summed E-state index contributed by atoms with van der Waals surface area (Å²) in [5, 5.41) is 3.68. The standard InChI is InChI=1S/C15H30N2O/c1-15(2,3)18-12-11-17-10-5-4-8-14(17)13-7-6-9-16-13/h13-14,16H,4-12H2,1-3H3. The molecule has 2 heterocycles. The van der Waals surface area contributed by atoms with Crippen molar-refractivity contribution in [1.29, 1.82) is 0 Å². The van der Waals surface area contributed by atoms with Crippen molar-refractivity contribution in [2.24, 2.45) is 0 Å². The van der Waals surface area contributed by atoms with Gasteiger partial charge in [-0.15, -0.1) is 0 Å². The molecule has 0 aromatic carbocycles. The smallest absolute Gasteiger partial charge is 0.0600 e. The highest BCUT2D eigenvalue weighted by atomic mass is 16.5. The Bertz CT molecular complexity index is 243. The van der Waals surface area contributed by atoms with Gasteiger partial charge in [0.25, 0.3) is 0 Å². The van der Waals surface area contributed by atoms with Crippen LogP contribution in [0.25, 0.3) is 0 Å². The first-order valence-corrected chi connectivity index (χ1v) is 7.68. The van der Waals surface area contributed by atoms with E-state index in [9.17, 15) is 0 Å². The third-order valence-electron chi connectivity index (χ3n) is 4.14. The Labute approximate surface area is 112 Å². The highest BCUT2D eigenvalue weighted by molar-refractivity contribution is 4.90. The fraction of sp³-hybridized carbons (Fsp3) is 1.00. The van der Waals surface area contributed by atoms with Crippen molar-refractivity contribution < 1.29 is 4.74 Å². The van der Waals surface area contributed by atoms with E-state index in [2.05, 4.69) is 31.0 Å². The molecule has 2 unspecified atom stereocenters. The van der Waals surface area contributed by atoms with Crippen LogP contribution in [0.5, 0.6) is 0 Å². The molecule has 2 saturated heterocycles. The average molecular weight is 254 g/mol. The third kappa shape index (κ3) is 4.22. The lowest BCUT2D eigenvalue weighted by atomic mass is 9.94. The number of likely N-dealkylation sites (tertiary alicyclic amines) is 1. The van der Waals surface area contributed by atoms with Crippen molar-refractivity contribution >= 4 is 0 Å². The molecule has 0 aliphatic carbocycles. The van der Waals surface area contributed by atoms with Crippen molar-refractivity contribution in [3.05, 3.63) is 0 Å². The summed E-state index contributed by atoms with van der Waals surface area (Å²) in [6.07, 6.45) is 6.85. The Morgan fingerprint density at radius 1 is 1.17 bits per heavy atom. The van der Waals surface area contributed by atoms with Crippen molar-refractivity contribution in [3.63, 3.8) is 0 Å². The summed E-state index contributed by atoms with van der Waals surface area (Å²) < 4.78 is 5.88. The highest BCUT2D eigenvalue weighted by Gasteiger charge is 2.31. The highest BCUT2D eigenvalue weighted by Crippen LogP contribution is 2.24. The molecular formula is C15H30N2O. The SMILES string of the molecule is CC(C)(C)OCCN1CCCCC1C1CCCN1. The van der Waals surface area contributed by atoms with E-state index in [1.165, 1.54) is 45.2 Å². The Hall–Kier alpha value is -0.120. The van der Waals surface area contributed by atoms with Gasteiger partial charge in [-0.25, -0.2) is 0 Å². The number of ether oxygens (including phenoxy) is 1. The summed E-state index contributed by atoms with van der Waals surface area (Å²) in [4.78, 5) is 2.66. The maximum Gasteiger partial charge on any atom is 0.0600 e. The van der Waals surface area contributed by atoms with E-state index >= 15 is 0 Å². The minimum absolute atomic E-state index is 0.00308. The van der Waals surface area contributed by atoms with E-state index < -0.39 is 0 Å². The Morgan fingerprint density at radius 2 is 2.00 bits per heavy atom. The largest absolute Gasteiger partial charge is 0.375 e. The number of rotatable bonds is 4. The summed E-state index contributed by atoms with van der Waals surface area (Å²) in [6, 6.07) is 1.49. The summed E-state index contributed by atoms with van der Waals surface area (Å²) in [5.74, 6) is 0. The second-order valence-electron chi connectivity index (χ2n) is 6.76. The van der Waals surface area contributed by atoms with Crippen molar-refractivity contribution in [3.8, 4) is 0 Å². The lowest BCUT2D eigenvalue weighted by Crippen LogP contribution is -2.51. The van der Waals surface area contributed by atoms with Crippen LogP contribution >= 0.6 is 0 Å². The molecule has 2 aliphatic heterocycles. The van der Waals surface area contributed by atoms with E-state index in [4.69, 9.17) is 4.74 Å². The Balaban J connectivity index is 1.80. The summed E-state index contributed by atoms with van der Waals surface area (Å²) >= 11 is 0. The monoisotopic (exact) mass is 254 g/mol. The van der Waals surface area contributed by atoms with Crippen molar-refractivity contribution in [1.82, 2.24) is 10.2 Å². The third-order valence-corrected chi connectivity index (χ3v) is 4.14. The van der Waals surface area contributed by atoms with Gasteiger partial charge in [-0.2, -0.15) is 0 Å². The molecule has 2 rings (SSSR count). The number of hydrogen-bond donors (Lipinski definition) is 1. The molecule has 0 amide bonds. The molecule has 2 atom stereocenters. The Morgan fingerprint density at radius 3 is 2.67 bits per heavy atom. The fourth-order valence-corrected chi connectivity index (χ4v) is 3.26. The van der Waals surface area contributed by atoms with Gasteiger partial charge < -0.3 is 10.1 Å².